The second kappa shape index (κ2) is 8.68. The van der Waals surface area contributed by atoms with E-state index in [-0.39, 0.29) is 18.2 Å². The average Bonchev–Trinajstić information content (AvgIpc) is 3.02. The first-order valence-electron chi connectivity index (χ1n) is 9.27. The van der Waals surface area contributed by atoms with E-state index in [1.807, 2.05) is 31.2 Å². The summed E-state index contributed by atoms with van der Waals surface area (Å²) >= 11 is 6.01. The standard InChI is InChI=1S/C22H24ClN3O3/c1-13-21(16-7-5-6-8-17(16)24-13)22(28)14(2)26(3)12-20(27)25-18-11-15(23)9-10-19(18)29-4/h5-11,14,24H,12H2,1-4H3,(H,25,27)/t14-/m0/s1. The number of halogens is 1. The van der Waals surface area contributed by atoms with Crippen LogP contribution >= 0.6 is 11.6 Å². The Morgan fingerprint density at radius 1 is 1.24 bits per heavy atom. The second-order valence-corrected chi connectivity index (χ2v) is 7.46. The van der Waals surface area contributed by atoms with Gasteiger partial charge in [-0.25, -0.2) is 0 Å². The third-order valence-electron chi connectivity index (χ3n) is 5.01. The molecule has 0 saturated heterocycles. The van der Waals surface area contributed by atoms with E-state index in [1.54, 1.807) is 37.1 Å². The number of Topliss-reactive ketones (excluding diaryl/α,β-unsaturated/α-hetero) is 1. The van der Waals surface area contributed by atoms with Gasteiger partial charge in [0.15, 0.2) is 5.78 Å². The van der Waals surface area contributed by atoms with Crippen LogP contribution < -0.4 is 10.1 Å². The smallest absolute Gasteiger partial charge is 0.238 e. The zero-order valence-electron chi connectivity index (χ0n) is 16.9. The van der Waals surface area contributed by atoms with Gasteiger partial charge in [-0.15, -0.1) is 0 Å². The molecule has 0 radical (unpaired) electrons. The number of para-hydroxylation sites is 1. The number of carbonyl (C=O) groups is 2. The summed E-state index contributed by atoms with van der Waals surface area (Å²) in [6.07, 6.45) is 0. The number of aromatic nitrogens is 1. The van der Waals surface area contributed by atoms with Crippen molar-refractivity contribution in [1.29, 1.82) is 0 Å². The largest absolute Gasteiger partial charge is 0.495 e. The molecule has 0 unspecified atom stereocenters. The summed E-state index contributed by atoms with van der Waals surface area (Å²) in [6, 6.07) is 12.2. The normalized spacial score (nSPS) is 12.2. The number of likely N-dealkylation sites (N-methyl/N-ethyl adjacent to an activating group) is 1. The molecule has 0 aliphatic rings. The first-order chi connectivity index (χ1) is 13.8. The first-order valence-corrected chi connectivity index (χ1v) is 9.64. The maximum Gasteiger partial charge on any atom is 0.238 e. The maximum atomic E-state index is 13.1. The van der Waals surface area contributed by atoms with Crippen molar-refractivity contribution in [1.82, 2.24) is 9.88 Å². The molecule has 2 N–H and O–H groups in total. The maximum absolute atomic E-state index is 13.1. The van der Waals surface area contributed by atoms with Gasteiger partial charge in [0.2, 0.25) is 5.91 Å². The molecular formula is C22H24ClN3O3. The number of methoxy groups -OCH3 is 1. The first kappa shape index (κ1) is 20.9. The van der Waals surface area contributed by atoms with Crippen molar-refractivity contribution < 1.29 is 14.3 Å². The number of benzene rings is 2. The lowest BCUT2D eigenvalue weighted by atomic mass is 10.0. The summed E-state index contributed by atoms with van der Waals surface area (Å²) in [4.78, 5) is 30.6. The third-order valence-corrected chi connectivity index (χ3v) is 5.24. The van der Waals surface area contributed by atoms with Crippen LogP contribution in [0.5, 0.6) is 5.75 Å². The molecule has 3 rings (SSSR count). The minimum atomic E-state index is -0.472. The van der Waals surface area contributed by atoms with Crippen molar-refractivity contribution in [3.05, 3.63) is 58.7 Å². The topological polar surface area (TPSA) is 74.4 Å². The number of ketones is 1. The van der Waals surface area contributed by atoms with Crippen LogP contribution in [0.2, 0.25) is 5.02 Å². The van der Waals surface area contributed by atoms with E-state index in [4.69, 9.17) is 16.3 Å². The molecule has 1 amide bonds. The van der Waals surface area contributed by atoms with E-state index in [1.165, 1.54) is 7.11 Å². The molecule has 0 fully saturated rings. The van der Waals surface area contributed by atoms with Crippen LogP contribution in [0.1, 0.15) is 23.0 Å². The summed E-state index contributed by atoms with van der Waals surface area (Å²) < 4.78 is 5.25. The zero-order valence-corrected chi connectivity index (χ0v) is 17.6. The molecule has 2 aromatic carbocycles. The van der Waals surface area contributed by atoms with Crippen molar-refractivity contribution in [2.45, 2.75) is 19.9 Å². The summed E-state index contributed by atoms with van der Waals surface area (Å²) in [5, 5.41) is 4.18. The number of aromatic amines is 1. The molecule has 0 spiro atoms. The highest BCUT2D eigenvalue weighted by atomic mass is 35.5. The number of nitrogens with one attached hydrogen (secondary N) is 2. The highest BCUT2D eigenvalue weighted by Crippen LogP contribution is 2.28. The van der Waals surface area contributed by atoms with Crippen LogP contribution in [-0.2, 0) is 4.79 Å². The van der Waals surface area contributed by atoms with E-state index in [0.29, 0.717) is 22.0 Å². The molecule has 6 nitrogen and oxygen atoms in total. The fourth-order valence-corrected chi connectivity index (χ4v) is 3.51. The van der Waals surface area contributed by atoms with Crippen molar-refractivity contribution in [2.24, 2.45) is 0 Å². The molecule has 29 heavy (non-hydrogen) atoms. The molecule has 1 heterocycles. The third kappa shape index (κ3) is 4.44. The summed E-state index contributed by atoms with van der Waals surface area (Å²) in [5.74, 6) is 0.225. The van der Waals surface area contributed by atoms with Gasteiger partial charge in [-0.1, -0.05) is 29.8 Å². The van der Waals surface area contributed by atoms with Gasteiger partial charge >= 0.3 is 0 Å². The van der Waals surface area contributed by atoms with Gasteiger partial charge in [-0.3, -0.25) is 14.5 Å². The van der Waals surface area contributed by atoms with Gasteiger partial charge in [0.25, 0.3) is 0 Å². The number of hydrogen-bond donors (Lipinski definition) is 2. The molecule has 0 saturated carbocycles. The van der Waals surface area contributed by atoms with E-state index in [2.05, 4.69) is 10.3 Å². The van der Waals surface area contributed by atoms with Crippen LogP contribution in [-0.4, -0.2) is 48.3 Å². The molecular weight excluding hydrogens is 390 g/mol. The molecule has 0 aliphatic carbocycles. The number of H-pyrrole nitrogens is 1. The highest BCUT2D eigenvalue weighted by molar-refractivity contribution is 6.31. The quantitative estimate of drug-likeness (QED) is 0.567. The summed E-state index contributed by atoms with van der Waals surface area (Å²) in [6.45, 7) is 3.73. The van der Waals surface area contributed by atoms with Gasteiger partial charge in [-0.2, -0.15) is 0 Å². The number of amides is 1. The number of carbonyl (C=O) groups excluding carboxylic acids is 2. The summed E-state index contributed by atoms with van der Waals surface area (Å²) in [5.41, 5.74) is 2.90. The average molecular weight is 414 g/mol. The lowest BCUT2D eigenvalue weighted by Crippen LogP contribution is -2.41. The number of rotatable bonds is 7. The Kier molecular flexibility index (Phi) is 6.25. The predicted octanol–water partition coefficient (Wildman–Crippen LogP) is 4.28. The van der Waals surface area contributed by atoms with Gasteiger partial charge in [0.1, 0.15) is 5.75 Å². The van der Waals surface area contributed by atoms with E-state index in [0.717, 1.165) is 16.6 Å². The van der Waals surface area contributed by atoms with Crippen LogP contribution in [0.25, 0.3) is 10.9 Å². The van der Waals surface area contributed by atoms with Gasteiger partial charge in [0, 0.05) is 27.2 Å². The zero-order chi connectivity index (χ0) is 21.1. The van der Waals surface area contributed by atoms with Crippen molar-refractivity contribution >= 4 is 39.9 Å². The Balaban J connectivity index is 1.72. The van der Waals surface area contributed by atoms with E-state index < -0.39 is 6.04 Å². The van der Waals surface area contributed by atoms with Crippen molar-refractivity contribution in [3.8, 4) is 5.75 Å². The molecule has 3 aromatic rings. The van der Waals surface area contributed by atoms with Crippen molar-refractivity contribution in [3.63, 3.8) is 0 Å². The Labute approximate surface area is 174 Å². The van der Waals surface area contributed by atoms with Gasteiger partial charge in [0.05, 0.1) is 25.4 Å². The van der Waals surface area contributed by atoms with Crippen LogP contribution in [0.4, 0.5) is 5.69 Å². The van der Waals surface area contributed by atoms with Crippen molar-refractivity contribution in [2.75, 3.05) is 26.0 Å². The lowest BCUT2D eigenvalue weighted by molar-refractivity contribution is -0.117. The van der Waals surface area contributed by atoms with Gasteiger partial charge in [-0.05, 0) is 45.2 Å². The second-order valence-electron chi connectivity index (χ2n) is 7.02. The van der Waals surface area contributed by atoms with E-state index in [9.17, 15) is 9.59 Å². The minimum absolute atomic E-state index is 0.0319. The molecule has 152 valence electrons. The molecule has 7 heteroatoms. The monoisotopic (exact) mass is 413 g/mol. The van der Waals surface area contributed by atoms with E-state index >= 15 is 0 Å². The molecule has 1 aromatic heterocycles. The number of nitrogens with zero attached hydrogens (tertiary/aromatic N) is 1. The van der Waals surface area contributed by atoms with Crippen LogP contribution in [0.15, 0.2) is 42.5 Å². The SMILES string of the molecule is COc1ccc(Cl)cc1NC(=O)CN(C)[C@@H](C)C(=O)c1c(C)[nH]c2ccccc12. The highest BCUT2D eigenvalue weighted by Gasteiger charge is 2.25. The van der Waals surface area contributed by atoms with Crippen LogP contribution in [0.3, 0.4) is 0 Å². The fourth-order valence-electron chi connectivity index (χ4n) is 3.33. The Bertz CT molecular complexity index is 1060. The number of ether oxygens (including phenoxy) is 1. The molecule has 0 aliphatic heterocycles. The molecule has 0 bridgehead atoms. The number of anilines is 1. The van der Waals surface area contributed by atoms with Crippen LogP contribution in [0, 0.1) is 6.92 Å². The predicted molar refractivity (Wildman–Crippen MR) is 116 cm³/mol. The lowest BCUT2D eigenvalue weighted by Gasteiger charge is -2.23. The van der Waals surface area contributed by atoms with Gasteiger partial charge < -0.3 is 15.0 Å². The Hall–Kier alpha value is -2.83. The number of hydrogen-bond acceptors (Lipinski definition) is 4. The molecule has 1 atom stereocenters. The number of aryl methyl sites for hydroxylation is 1. The fraction of sp³-hybridized carbons (Fsp3) is 0.273. The Morgan fingerprint density at radius 3 is 2.69 bits per heavy atom. The number of fused-ring (bicyclic) bond motifs is 1. The summed E-state index contributed by atoms with van der Waals surface area (Å²) in [7, 11) is 3.27. The minimum Gasteiger partial charge on any atom is -0.495 e. The Morgan fingerprint density at radius 2 is 1.97 bits per heavy atom.